The highest BCUT2D eigenvalue weighted by molar-refractivity contribution is 7.07. The number of rotatable bonds is 7. The minimum atomic E-state index is -0.401. The molecule has 0 radical (unpaired) electrons. The van der Waals surface area contributed by atoms with E-state index in [4.69, 9.17) is 9.84 Å². The van der Waals surface area contributed by atoms with Crippen molar-refractivity contribution in [2.75, 3.05) is 37.7 Å². The Morgan fingerprint density at radius 1 is 1.12 bits per heavy atom. The van der Waals surface area contributed by atoms with Gasteiger partial charge in [-0.05, 0) is 43.7 Å². The number of morpholine rings is 1. The van der Waals surface area contributed by atoms with Crippen molar-refractivity contribution < 1.29 is 9.66 Å². The highest BCUT2D eigenvalue weighted by Crippen LogP contribution is 2.24. The number of thiazole rings is 1. The third-order valence-corrected chi connectivity index (χ3v) is 6.31. The molecule has 0 atom stereocenters. The first-order valence-corrected chi connectivity index (χ1v) is 11.9. The number of nitro benzene ring substituents is 1. The van der Waals surface area contributed by atoms with Crippen LogP contribution in [0.3, 0.4) is 0 Å². The fourth-order valence-corrected chi connectivity index (χ4v) is 4.43. The fraction of sp³-hybridized carbons (Fsp3) is 0.280. The van der Waals surface area contributed by atoms with Crippen molar-refractivity contribution in [2.24, 2.45) is 10.1 Å². The second-order valence-corrected chi connectivity index (χ2v) is 8.96. The molecule has 1 aliphatic heterocycles. The standard InChI is InChI=1S/C25H27N5O3S/c1-18(2)16-26-25-29(24(17-34-25)21-6-10-23(11-7-21)30(31)32)27-19(3)20-4-8-22(9-5-20)28-12-14-33-15-13-28/h4-11,17H,1,12-16H2,2-3H3/b26-25?,27-19+. The van der Waals surface area contributed by atoms with Crippen LogP contribution in [0.1, 0.15) is 19.4 Å². The molecule has 3 aromatic rings. The first-order chi connectivity index (χ1) is 16.4. The van der Waals surface area contributed by atoms with Crippen LogP contribution in [-0.4, -0.2) is 48.2 Å². The predicted octanol–water partition coefficient (Wildman–Crippen LogP) is 4.71. The third-order valence-electron chi connectivity index (χ3n) is 5.45. The van der Waals surface area contributed by atoms with E-state index in [0.717, 1.165) is 59.2 Å². The second-order valence-electron chi connectivity index (χ2n) is 8.12. The maximum atomic E-state index is 11.0. The highest BCUT2D eigenvalue weighted by Gasteiger charge is 2.13. The summed E-state index contributed by atoms with van der Waals surface area (Å²) in [5.41, 5.74) is 5.69. The van der Waals surface area contributed by atoms with Crippen LogP contribution in [0.5, 0.6) is 0 Å². The number of non-ortho nitro benzene ring substituents is 1. The molecule has 1 saturated heterocycles. The molecule has 0 N–H and O–H groups in total. The molecule has 1 fully saturated rings. The Morgan fingerprint density at radius 2 is 1.79 bits per heavy atom. The summed E-state index contributed by atoms with van der Waals surface area (Å²) >= 11 is 1.48. The molecule has 0 amide bonds. The van der Waals surface area contributed by atoms with E-state index >= 15 is 0 Å². The second kappa shape index (κ2) is 10.6. The van der Waals surface area contributed by atoms with E-state index in [-0.39, 0.29) is 5.69 Å². The predicted molar refractivity (Wildman–Crippen MR) is 137 cm³/mol. The average molecular weight is 478 g/mol. The van der Waals surface area contributed by atoms with Crippen LogP contribution in [0.25, 0.3) is 11.3 Å². The fourth-order valence-electron chi connectivity index (χ4n) is 3.60. The van der Waals surface area contributed by atoms with E-state index in [2.05, 4.69) is 40.7 Å². The van der Waals surface area contributed by atoms with Gasteiger partial charge in [-0.15, -0.1) is 11.3 Å². The van der Waals surface area contributed by atoms with Crippen LogP contribution in [0, 0.1) is 10.1 Å². The molecule has 4 rings (SSSR count). The number of nitrogens with zero attached hydrogens (tertiary/aromatic N) is 5. The Kier molecular flexibility index (Phi) is 7.34. The van der Waals surface area contributed by atoms with Crippen molar-refractivity contribution in [3.8, 4) is 11.3 Å². The number of aromatic nitrogens is 1. The number of nitro groups is 1. The SMILES string of the molecule is C=C(C)CN=c1scc(-c2ccc([N+](=O)[O-])cc2)n1/N=C(\C)c1ccc(N2CCOCC2)cc1. The van der Waals surface area contributed by atoms with Gasteiger partial charge in [-0.1, -0.05) is 24.3 Å². The maximum Gasteiger partial charge on any atom is 0.269 e. The lowest BCUT2D eigenvalue weighted by Crippen LogP contribution is -2.36. The highest BCUT2D eigenvalue weighted by atomic mass is 32.1. The number of anilines is 1. The van der Waals surface area contributed by atoms with E-state index < -0.39 is 4.92 Å². The molecule has 0 aliphatic carbocycles. The molecule has 0 spiro atoms. The molecular weight excluding hydrogens is 450 g/mol. The van der Waals surface area contributed by atoms with Crippen LogP contribution in [0.15, 0.2) is 76.2 Å². The van der Waals surface area contributed by atoms with Gasteiger partial charge in [0.25, 0.3) is 5.69 Å². The maximum absolute atomic E-state index is 11.0. The van der Waals surface area contributed by atoms with Crippen molar-refractivity contribution in [3.63, 3.8) is 0 Å². The third kappa shape index (κ3) is 5.49. The Hall–Kier alpha value is -3.56. The smallest absolute Gasteiger partial charge is 0.269 e. The number of benzene rings is 2. The van der Waals surface area contributed by atoms with Gasteiger partial charge in [0.1, 0.15) is 0 Å². The molecule has 0 bridgehead atoms. The van der Waals surface area contributed by atoms with Gasteiger partial charge in [0.2, 0.25) is 4.80 Å². The number of hydrogen-bond acceptors (Lipinski definition) is 7. The molecule has 1 aliphatic rings. The van der Waals surface area contributed by atoms with Gasteiger partial charge in [0.15, 0.2) is 0 Å². The van der Waals surface area contributed by atoms with Gasteiger partial charge in [-0.3, -0.25) is 15.1 Å². The zero-order chi connectivity index (χ0) is 24.1. The summed E-state index contributed by atoms with van der Waals surface area (Å²) in [5, 5.41) is 17.9. The summed E-state index contributed by atoms with van der Waals surface area (Å²) in [5.74, 6) is 0. The molecule has 34 heavy (non-hydrogen) atoms. The topological polar surface area (TPSA) is 85.3 Å². The van der Waals surface area contributed by atoms with E-state index in [1.165, 1.54) is 29.2 Å². The first kappa shape index (κ1) is 23.6. The van der Waals surface area contributed by atoms with Crippen LogP contribution < -0.4 is 9.70 Å². The van der Waals surface area contributed by atoms with Gasteiger partial charge in [0.05, 0.1) is 36.1 Å². The van der Waals surface area contributed by atoms with Crippen molar-refractivity contribution >= 4 is 28.4 Å². The van der Waals surface area contributed by atoms with Crippen molar-refractivity contribution in [3.05, 3.63) is 86.5 Å². The lowest BCUT2D eigenvalue weighted by molar-refractivity contribution is -0.384. The van der Waals surface area contributed by atoms with Crippen LogP contribution in [-0.2, 0) is 4.74 Å². The molecule has 0 unspecified atom stereocenters. The molecule has 2 heterocycles. The van der Waals surface area contributed by atoms with Crippen molar-refractivity contribution in [1.29, 1.82) is 0 Å². The molecule has 176 valence electrons. The van der Waals surface area contributed by atoms with E-state index in [9.17, 15) is 10.1 Å². The summed E-state index contributed by atoms with van der Waals surface area (Å²) in [6, 6.07) is 14.9. The Balaban J connectivity index is 1.69. The van der Waals surface area contributed by atoms with Gasteiger partial charge >= 0.3 is 0 Å². The van der Waals surface area contributed by atoms with Crippen molar-refractivity contribution in [1.82, 2.24) is 4.68 Å². The molecule has 9 heteroatoms. The van der Waals surface area contributed by atoms with E-state index in [0.29, 0.717) is 6.54 Å². The summed E-state index contributed by atoms with van der Waals surface area (Å²) in [7, 11) is 0. The lowest BCUT2D eigenvalue weighted by atomic mass is 10.1. The lowest BCUT2D eigenvalue weighted by Gasteiger charge is -2.28. The van der Waals surface area contributed by atoms with Gasteiger partial charge in [-0.25, -0.2) is 4.68 Å². The van der Waals surface area contributed by atoms with Gasteiger partial charge < -0.3 is 9.64 Å². The Bertz CT molecular complexity index is 1270. The zero-order valence-electron chi connectivity index (χ0n) is 19.3. The molecule has 8 nitrogen and oxygen atoms in total. The molecular formula is C25H27N5O3S. The van der Waals surface area contributed by atoms with Crippen molar-refractivity contribution in [2.45, 2.75) is 13.8 Å². The average Bonchev–Trinajstić information content (AvgIpc) is 3.25. The normalized spacial score (nSPS) is 14.9. The van der Waals surface area contributed by atoms with Crippen LogP contribution in [0.2, 0.25) is 0 Å². The van der Waals surface area contributed by atoms with Gasteiger partial charge in [0, 0.05) is 41.9 Å². The number of hydrogen-bond donors (Lipinski definition) is 0. The Morgan fingerprint density at radius 3 is 2.41 bits per heavy atom. The monoisotopic (exact) mass is 477 g/mol. The quantitative estimate of drug-likeness (QED) is 0.213. The molecule has 1 aromatic heterocycles. The molecule has 2 aromatic carbocycles. The van der Waals surface area contributed by atoms with E-state index in [1.54, 1.807) is 16.8 Å². The van der Waals surface area contributed by atoms with Gasteiger partial charge in [-0.2, -0.15) is 5.10 Å². The largest absolute Gasteiger partial charge is 0.378 e. The van der Waals surface area contributed by atoms with Crippen LogP contribution >= 0.6 is 11.3 Å². The molecule has 0 saturated carbocycles. The summed E-state index contributed by atoms with van der Waals surface area (Å²) in [6.07, 6.45) is 0. The first-order valence-electron chi connectivity index (χ1n) is 11.0. The minimum absolute atomic E-state index is 0.0535. The summed E-state index contributed by atoms with van der Waals surface area (Å²) < 4.78 is 7.25. The number of ether oxygens (including phenoxy) is 1. The summed E-state index contributed by atoms with van der Waals surface area (Å²) in [6.45, 7) is 11.6. The van der Waals surface area contributed by atoms with Crippen LogP contribution in [0.4, 0.5) is 11.4 Å². The van der Waals surface area contributed by atoms with E-state index in [1.807, 2.05) is 19.2 Å². The summed E-state index contributed by atoms with van der Waals surface area (Å²) in [4.78, 5) is 18.4. The zero-order valence-corrected chi connectivity index (χ0v) is 20.1. The minimum Gasteiger partial charge on any atom is -0.378 e. The Labute approximate surface area is 202 Å².